The molecule has 0 fully saturated rings. The Labute approximate surface area is 107 Å². The molecular weight excluding hydrogens is 250 g/mol. The predicted octanol–water partition coefficient (Wildman–Crippen LogP) is 2.49. The van der Waals surface area contributed by atoms with Gasteiger partial charge in [0.25, 0.3) is 0 Å². The van der Waals surface area contributed by atoms with Crippen molar-refractivity contribution < 1.29 is 13.3 Å². The van der Waals surface area contributed by atoms with E-state index in [0.29, 0.717) is 5.39 Å². The Morgan fingerprint density at radius 1 is 1.00 bits per heavy atom. The minimum atomic E-state index is -5.63. The summed E-state index contributed by atoms with van der Waals surface area (Å²) < 4.78 is 33.5. The van der Waals surface area contributed by atoms with E-state index in [9.17, 15) is 13.3 Å². The van der Waals surface area contributed by atoms with E-state index in [-0.39, 0.29) is 0 Å². The summed E-state index contributed by atoms with van der Waals surface area (Å²) >= 11 is 0. The van der Waals surface area contributed by atoms with Crippen LogP contribution in [0.2, 0.25) is 0 Å². The summed E-state index contributed by atoms with van der Waals surface area (Å²) in [5.74, 6) is 0. The molecule has 0 bridgehead atoms. The molecule has 0 spiro atoms. The van der Waals surface area contributed by atoms with Crippen molar-refractivity contribution in [1.82, 2.24) is 0 Å². The molecule has 0 amide bonds. The molecule has 4 nitrogen and oxygen atoms in total. The molecule has 2 aromatic carbocycles. The highest BCUT2D eigenvalue weighted by Gasteiger charge is 2.07. The zero-order valence-corrected chi connectivity index (χ0v) is 11.5. The van der Waals surface area contributed by atoms with Crippen LogP contribution in [0.25, 0.3) is 10.8 Å². The lowest BCUT2D eigenvalue weighted by Gasteiger charge is -2.51. The number of sulfonamides is 3. The molecule has 2 aromatic rings. The normalized spacial score (nSPS) is 13.3. The maximum atomic E-state index is 11.2. The summed E-state index contributed by atoms with van der Waals surface area (Å²) in [5, 5.41) is 6.32. The molecule has 5 heteroatoms. The van der Waals surface area contributed by atoms with Gasteiger partial charge in [-0.3, -0.25) is 9.35 Å². The van der Waals surface area contributed by atoms with Gasteiger partial charge in [-0.15, -0.1) is 9.81 Å². The van der Waals surface area contributed by atoms with Gasteiger partial charge in [-0.1, -0.05) is 43.7 Å². The highest BCUT2D eigenvalue weighted by atomic mass is 32.3. The van der Waals surface area contributed by atoms with Crippen LogP contribution in [0.15, 0.2) is 41.3 Å². The van der Waals surface area contributed by atoms with Crippen LogP contribution in [0.4, 0.5) is 0 Å². The summed E-state index contributed by atoms with van der Waals surface area (Å²) in [6.07, 6.45) is 0. The third kappa shape index (κ3) is 3.36. The van der Waals surface area contributed by atoms with E-state index in [1.54, 1.807) is 12.1 Å². The second-order valence-electron chi connectivity index (χ2n) is 3.87. The minimum Gasteiger partial charge on any atom is -0.785 e. The molecule has 2 rings (SSSR count). The lowest BCUT2D eigenvalue weighted by atomic mass is 10.1. The zero-order valence-electron chi connectivity index (χ0n) is 10.7. The minimum absolute atomic E-state index is 0.395. The maximum Gasteiger partial charge on any atom is 0.00544 e. The van der Waals surface area contributed by atoms with Crippen LogP contribution in [-0.4, -0.2) is 13.3 Å². The smallest absolute Gasteiger partial charge is 0.00544 e. The predicted molar refractivity (Wildman–Crippen MR) is 72.2 cm³/mol. The van der Waals surface area contributed by atoms with E-state index in [1.165, 1.54) is 12.1 Å². The van der Waals surface area contributed by atoms with Gasteiger partial charge in [0, 0.05) is 4.90 Å². The fraction of sp³-hybridized carbons (Fsp3) is 0.231. The second kappa shape index (κ2) is 4.78. The van der Waals surface area contributed by atoms with E-state index >= 15 is 0 Å². The Morgan fingerprint density at radius 3 is 2.06 bits per heavy atom. The SMILES string of the molecule is CC.Cc1ccc2cc(S(N)(=O)([O-])[O-])ccc2c1. The molecular formula is C13H17NO3S-2. The molecule has 100 valence electrons. The molecule has 0 atom stereocenters. The number of fused-ring (bicyclic) bond motifs is 1. The van der Waals surface area contributed by atoms with Gasteiger partial charge in [-0.2, -0.15) is 0 Å². The van der Waals surface area contributed by atoms with Gasteiger partial charge in [0.05, 0.1) is 0 Å². The Kier molecular flexibility index (Phi) is 3.92. The number of aryl methyl sites for hydroxylation is 1. The summed E-state index contributed by atoms with van der Waals surface area (Å²) in [6.45, 7) is 5.93. The molecule has 0 saturated heterocycles. The first kappa shape index (κ1) is 14.8. The first-order valence-corrected chi connectivity index (χ1v) is 7.55. The largest absolute Gasteiger partial charge is 0.785 e. The van der Waals surface area contributed by atoms with Gasteiger partial charge in [0.15, 0.2) is 0 Å². The molecule has 0 aliphatic rings. The molecule has 0 radical (unpaired) electrons. The van der Waals surface area contributed by atoms with E-state index in [2.05, 4.69) is 0 Å². The van der Waals surface area contributed by atoms with Crippen molar-refractivity contribution in [3.05, 3.63) is 42.0 Å². The number of rotatable bonds is 1. The van der Waals surface area contributed by atoms with Gasteiger partial charge < -0.3 is 9.11 Å². The molecule has 18 heavy (non-hydrogen) atoms. The average Bonchev–Trinajstić information content (AvgIpc) is 2.28. The summed E-state index contributed by atoms with van der Waals surface area (Å²) in [6, 6.07) is 9.61. The van der Waals surface area contributed by atoms with E-state index in [4.69, 9.17) is 5.14 Å². The number of nitrogens with two attached hydrogens (primary N) is 1. The Morgan fingerprint density at radius 2 is 1.50 bits per heavy atom. The zero-order chi connectivity index (χ0) is 14.0. The quantitative estimate of drug-likeness (QED) is 0.860. The monoisotopic (exact) mass is 267 g/mol. The standard InChI is InChI=1S/C11H13NO3S.C2H6/c1-8-2-3-10-7-11(16(12,13,14)15)5-4-9(10)6-8;1-2/h2-7H,1H3,(H4,12,13,14,15);1-2H3/p-2. The van der Waals surface area contributed by atoms with Crippen molar-refractivity contribution in [3.63, 3.8) is 0 Å². The van der Waals surface area contributed by atoms with Crippen LogP contribution < -0.4 is 5.14 Å². The summed E-state index contributed by atoms with van der Waals surface area (Å²) in [7, 11) is -5.63. The second-order valence-corrected chi connectivity index (χ2v) is 6.07. The van der Waals surface area contributed by atoms with Crippen LogP contribution in [-0.2, 0) is 9.81 Å². The number of hydrogen-bond donors (Lipinski definition) is 1. The van der Waals surface area contributed by atoms with Crippen molar-refractivity contribution in [2.75, 3.05) is 0 Å². The third-order valence-corrected chi connectivity index (χ3v) is 3.50. The van der Waals surface area contributed by atoms with Crippen molar-refractivity contribution in [2.45, 2.75) is 25.7 Å². The highest BCUT2D eigenvalue weighted by molar-refractivity contribution is 8.08. The first-order chi connectivity index (χ1) is 8.22. The summed E-state index contributed by atoms with van der Waals surface area (Å²) in [4.78, 5) is -0.395. The first-order valence-electron chi connectivity index (χ1n) is 5.67. The van der Waals surface area contributed by atoms with Crippen LogP contribution in [0.1, 0.15) is 19.4 Å². The Bertz CT molecular complexity index is 620. The maximum absolute atomic E-state index is 11.2. The molecule has 0 aliphatic carbocycles. The fourth-order valence-corrected chi connectivity index (χ4v) is 2.22. The van der Waals surface area contributed by atoms with Gasteiger partial charge in [-0.25, -0.2) is 0 Å². The van der Waals surface area contributed by atoms with E-state index in [0.717, 1.165) is 10.9 Å². The van der Waals surface area contributed by atoms with Crippen LogP contribution >= 0.6 is 0 Å². The lowest BCUT2D eigenvalue weighted by molar-refractivity contribution is 0.359. The highest BCUT2D eigenvalue weighted by Crippen LogP contribution is 2.26. The number of hydrogen-bond acceptors (Lipinski definition) is 3. The number of primary sulfonamides is 3. The van der Waals surface area contributed by atoms with Crippen molar-refractivity contribution >= 4 is 20.6 Å². The molecule has 0 unspecified atom stereocenters. The van der Waals surface area contributed by atoms with Gasteiger partial charge in [-0.05, 0) is 29.8 Å². The number of benzene rings is 2. The van der Waals surface area contributed by atoms with Gasteiger partial charge in [0.1, 0.15) is 0 Å². The van der Waals surface area contributed by atoms with Crippen LogP contribution in [0.5, 0.6) is 0 Å². The van der Waals surface area contributed by atoms with Crippen LogP contribution in [0, 0.1) is 6.92 Å². The Balaban J connectivity index is 0.000000771. The molecule has 2 N–H and O–H groups in total. The van der Waals surface area contributed by atoms with Crippen molar-refractivity contribution in [3.8, 4) is 0 Å². The van der Waals surface area contributed by atoms with E-state index in [1.807, 2.05) is 32.9 Å². The molecule has 0 heterocycles. The molecule has 0 aliphatic heterocycles. The van der Waals surface area contributed by atoms with Gasteiger partial charge in [0.2, 0.25) is 0 Å². The average molecular weight is 267 g/mol. The van der Waals surface area contributed by atoms with E-state index < -0.39 is 14.7 Å². The van der Waals surface area contributed by atoms with Gasteiger partial charge >= 0.3 is 0 Å². The lowest BCUT2D eigenvalue weighted by Crippen LogP contribution is -2.41. The Hall–Kier alpha value is -1.27. The molecule has 0 saturated carbocycles. The van der Waals surface area contributed by atoms with Crippen molar-refractivity contribution in [1.29, 1.82) is 0 Å². The molecule has 0 aromatic heterocycles. The third-order valence-electron chi connectivity index (χ3n) is 2.39. The topological polar surface area (TPSA) is 89.2 Å². The summed E-state index contributed by atoms with van der Waals surface area (Å²) in [5.41, 5.74) is 1.06. The fourth-order valence-electron chi connectivity index (χ4n) is 1.57. The van der Waals surface area contributed by atoms with Crippen LogP contribution in [0.3, 0.4) is 0 Å². The van der Waals surface area contributed by atoms with Crippen molar-refractivity contribution in [2.24, 2.45) is 5.14 Å².